The van der Waals surface area contributed by atoms with Crippen molar-refractivity contribution in [2.24, 2.45) is 0 Å². The molecule has 2 rings (SSSR count). The molecule has 1 aliphatic rings. The van der Waals surface area contributed by atoms with Crippen molar-refractivity contribution >= 4 is 23.7 Å². The number of aryl methyl sites for hydroxylation is 1. The SMILES string of the molecule is Cc1ccc([N+](=O)[O-])c(/C=C2\C(=O)NC(=O)N2C)c1C. The normalized spacial score (nSPS) is 16.8. The predicted octanol–water partition coefficient (Wildman–Crippen LogP) is 1.73. The number of carbonyl (C=O) groups is 2. The molecule has 1 N–H and O–H groups in total. The molecule has 1 aromatic carbocycles. The van der Waals surface area contributed by atoms with Gasteiger partial charge in [-0.2, -0.15) is 0 Å². The molecule has 7 heteroatoms. The summed E-state index contributed by atoms with van der Waals surface area (Å²) in [6.45, 7) is 3.56. The number of carbonyl (C=O) groups excluding carboxylic acids is 2. The number of nitrogens with zero attached hydrogens (tertiary/aromatic N) is 2. The standard InChI is InChI=1S/C13H13N3O4/c1-7-4-5-10(16(19)20)9(8(7)2)6-11-12(17)14-13(18)15(11)3/h4-6H,1-3H3,(H,14,17,18)/b11-6+. The Hall–Kier alpha value is -2.70. The van der Waals surface area contributed by atoms with Gasteiger partial charge in [0.2, 0.25) is 0 Å². The van der Waals surface area contributed by atoms with Gasteiger partial charge in [-0.05, 0) is 31.1 Å². The van der Waals surface area contributed by atoms with Gasteiger partial charge >= 0.3 is 6.03 Å². The van der Waals surface area contributed by atoms with Crippen molar-refractivity contribution in [3.63, 3.8) is 0 Å². The summed E-state index contributed by atoms with van der Waals surface area (Å²) in [7, 11) is 1.43. The molecule has 1 aliphatic heterocycles. The molecule has 0 bridgehead atoms. The van der Waals surface area contributed by atoms with Crippen LogP contribution in [0.5, 0.6) is 0 Å². The van der Waals surface area contributed by atoms with Gasteiger partial charge in [-0.15, -0.1) is 0 Å². The maximum absolute atomic E-state index is 11.7. The summed E-state index contributed by atoms with van der Waals surface area (Å²) in [4.78, 5) is 34.7. The number of rotatable bonds is 2. The van der Waals surface area contributed by atoms with Crippen LogP contribution < -0.4 is 5.32 Å². The first-order valence-corrected chi connectivity index (χ1v) is 5.88. The lowest BCUT2D eigenvalue weighted by Crippen LogP contribution is -2.24. The van der Waals surface area contributed by atoms with Crippen molar-refractivity contribution in [2.75, 3.05) is 7.05 Å². The zero-order chi connectivity index (χ0) is 15.0. The lowest BCUT2D eigenvalue weighted by atomic mass is 10.0. The molecule has 0 atom stereocenters. The van der Waals surface area contributed by atoms with Crippen molar-refractivity contribution in [3.8, 4) is 0 Å². The molecule has 0 unspecified atom stereocenters. The van der Waals surface area contributed by atoms with Gasteiger partial charge in [0.1, 0.15) is 5.70 Å². The van der Waals surface area contributed by atoms with Crippen LogP contribution in [0.1, 0.15) is 16.7 Å². The molecular weight excluding hydrogens is 262 g/mol. The Balaban J connectivity index is 2.64. The first-order chi connectivity index (χ1) is 9.32. The number of benzene rings is 1. The van der Waals surface area contributed by atoms with Gasteiger partial charge in [-0.1, -0.05) is 6.07 Å². The first-order valence-electron chi connectivity index (χ1n) is 5.88. The van der Waals surface area contributed by atoms with Crippen molar-refractivity contribution in [1.82, 2.24) is 10.2 Å². The van der Waals surface area contributed by atoms with Crippen LogP contribution in [0.4, 0.5) is 10.5 Å². The predicted molar refractivity (Wildman–Crippen MR) is 71.8 cm³/mol. The van der Waals surface area contributed by atoms with Crippen LogP contribution >= 0.6 is 0 Å². The van der Waals surface area contributed by atoms with Crippen LogP contribution in [0, 0.1) is 24.0 Å². The molecule has 1 aromatic rings. The van der Waals surface area contributed by atoms with E-state index in [1.807, 2.05) is 6.92 Å². The van der Waals surface area contributed by atoms with Crippen LogP contribution in [-0.4, -0.2) is 28.8 Å². The summed E-state index contributed by atoms with van der Waals surface area (Å²) >= 11 is 0. The van der Waals surface area contributed by atoms with E-state index in [0.717, 1.165) is 10.5 Å². The molecule has 1 heterocycles. The van der Waals surface area contributed by atoms with Crippen LogP contribution in [0.25, 0.3) is 6.08 Å². The summed E-state index contributed by atoms with van der Waals surface area (Å²) < 4.78 is 0. The Morgan fingerprint density at radius 1 is 1.30 bits per heavy atom. The van der Waals surface area contributed by atoms with Crippen molar-refractivity contribution in [3.05, 3.63) is 44.6 Å². The summed E-state index contributed by atoms with van der Waals surface area (Å²) in [5.41, 5.74) is 1.90. The number of amides is 3. The molecule has 1 saturated heterocycles. The highest BCUT2D eigenvalue weighted by Crippen LogP contribution is 2.28. The lowest BCUT2D eigenvalue weighted by molar-refractivity contribution is -0.385. The Labute approximate surface area is 115 Å². The third-order valence-electron chi connectivity index (χ3n) is 3.36. The summed E-state index contributed by atoms with van der Waals surface area (Å²) in [6.07, 6.45) is 1.38. The van der Waals surface area contributed by atoms with Crippen LogP contribution in [0.3, 0.4) is 0 Å². The fraction of sp³-hybridized carbons (Fsp3) is 0.231. The number of imide groups is 1. The molecule has 1 fully saturated rings. The Kier molecular flexibility index (Phi) is 3.27. The molecule has 0 spiro atoms. The molecule has 0 radical (unpaired) electrons. The Morgan fingerprint density at radius 3 is 2.45 bits per heavy atom. The van der Waals surface area contributed by atoms with Gasteiger partial charge in [0.05, 0.1) is 10.5 Å². The third kappa shape index (κ3) is 2.13. The van der Waals surface area contributed by atoms with E-state index in [9.17, 15) is 19.7 Å². The van der Waals surface area contributed by atoms with Gasteiger partial charge in [0.15, 0.2) is 0 Å². The second-order valence-electron chi connectivity index (χ2n) is 4.55. The maximum Gasteiger partial charge on any atom is 0.328 e. The third-order valence-corrected chi connectivity index (χ3v) is 3.36. The Bertz CT molecular complexity index is 664. The van der Waals surface area contributed by atoms with E-state index in [0.29, 0.717) is 11.1 Å². The van der Waals surface area contributed by atoms with Crippen molar-refractivity contribution in [2.45, 2.75) is 13.8 Å². The monoisotopic (exact) mass is 275 g/mol. The van der Waals surface area contributed by atoms with E-state index in [1.165, 1.54) is 19.2 Å². The molecule has 3 amide bonds. The van der Waals surface area contributed by atoms with Crippen LogP contribution in [0.15, 0.2) is 17.8 Å². The zero-order valence-electron chi connectivity index (χ0n) is 11.3. The molecular formula is C13H13N3O4. The average Bonchev–Trinajstić information content (AvgIpc) is 2.61. The average molecular weight is 275 g/mol. The zero-order valence-corrected chi connectivity index (χ0v) is 11.3. The highest BCUT2D eigenvalue weighted by atomic mass is 16.6. The molecule has 0 aromatic heterocycles. The summed E-state index contributed by atoms with van der Waals surface area (Å²) in [5.74, 6) is -0.562. The number of likely N-dealkylation sites (N-methyl/N-ethyl adjacent to an activating group) is 1. The van der Waals surface area contributed by atoms with Crippen molar-refractivity contribution < 1.29 is 14.5 Å². The minimum absolute atomic E-state index is 0.0896. The van der Waals surface area contributed by atoms with Crippen LogP contribution in [0.2, 0.25) is 0 Å². The van der Waals surface area contributed by atoms with E-state index in [1.54, 1.807) is 13.0 Å². The summed E-state index contributed by atoms with van der Waals surface area (Å²) in [5, 5.41) is 13.2. The number of urea groups is 1. The molecule has 7 nitrogen and oxygen atoms in total. The molecule has 0 aliphatic carbocycles. The second kappa shape index (κ2) is 4.76. The maximum atomic E-state index is 11.7. The van der Waals surface area contributed by atoms with Gasteiger partial charge in [0.25, 0.3) is 11.6 Å². The summed E-state index contributed by atoms with van der Waals surface area (Å²) in [6, 6.07) is 2.50. The Morgan fingerprint density at radius 2 is 1.95 bits per heavy atom. The van der Waals surface area contributed by atoms with Gasteiger partial charge in [-0.25, -0.2) is 4.79 Å². The molecule has 0 saturated carbocycles. The number of nitrogens with one attached hydrogen (secondary N) is 1. The fourth-order valence-electron chi connectivity index (χ4n) is 1.97. The minimum atomic E-state index is -0.562. The lowest BCUT2D eigenvalue weighted by Gasteiger charge is -2.09. The largest absolute Gasteiger partial charge is 0.328 e. The number of hydrogen-bond acceptors (Lipinski definition) is 4. The number of nitro benzene ring substituents is 1. The van der Waals surface area contributed by atoms with Crippen LogP contribution in [-0.2, 0) is 4.79 Å². The topological polar surface area (TPSA) is 92.5 Å². The van der Waals surface area contributed by atoms with E-state index in [2.05, 4.69) is 5.32 Å². The van der Waals surface area contributed by atoms with E-state index < -0.39 is 16.9 Å². The number of hydrogen-bond donors (Lipinski definition) is 1. The fourth-order valence-corrected chi connectivity index (χ4v) is 1.97. The van der Waals surface area contributed by atoms with Gasteiger partial charge < -0.3 is 0 Å². The molecule has 20 heavy (non-hydrogen) atoms. The van der Waals surface area contributed by atoms with E-state index >= 15 is 0 Å². The van der Waals surface area contributed by atoms with Gasteiger partial charge in [-0.3, -0.25) is 25.1 Å². The van der Waals surface area contributed by atoms with E-state index in [-0.39, 0.29) is 11.4 Å². The highest BCUT2D eigenvalue weighted by molar-refractivity contribution is 6.14. The van der Waals surface area contributed by atoms with E-state index in [4.69, 9.17) is 0 Å². The smallest absolute Gasteiger partial charge is 0.292 e. The second-order valence-corrected chi connectivity index (χ2v) is 4.55. The molecule has 104 valence electrons. The first kappa shape index (κ1) is 13.7. The van der Waals surface area contributed by atoms with Crippen molar-refractivity contribution in [1.29, 1.82) is 0 Å². The quantitative estimate of drug-likeness (QED) is 0.385. The van der Waals surface area contributed by atoms with Gasteiger partial charge in [0, 0.05) is 13.1 Å². The highest BCUT2D eigenvalue weighted by Gasteiger charge is 2.31. The minimum Gasteiger partial charge on any atom is -0.292 e. The number of nitro groups is 1.